The van der Waals surface area contributed by atoms with Gasteiger partial charge in [-0.05, 0) is 17.7 Å². The molecule has 18 heavy (non-hydrogen) atoms. The van der Waals surface area contributed by atoms with Gasteiger partial charge in [0.2, 0.25) is 5.79 Å². The van der Waals surface area contributed by atoms with Crippen molar-refractivity contribution in [3.63, 3.8) is 0 Å². The van der Waals surface area contributed by atoms with Crippen molar-refractivity contribution in [3.8, 4) is 0 Å². The van der Waals surface area contributed by atoms with Crippen molar-refractivity contribution in [1.29, 1.82) is 0 Å². The van der Waals surface area contributed by atoms with Gasteiger partial charge in [-0.2, -0.15) is 0 Å². The number of halogens is 1. The molecule has 1 saturated heterocycles. The maximum absolute atomic E-state index is 11.8. The van der Waals surface area contributed by atoms with E-state index in [0.717, 1.165) is 0 Å². The van der Waals surface area contributed by atoms with Gasteiger partial charge in [-0.15, -0.1) is 0 Å². The molecule has 96 valence electrons. The Morgan fingerprint density at radius 2 is 2.06 bits per heavy atom. The van der Waals surface area contributed by atoms with Crippen LogP contribution in [-0.2, 0) is 14.3 Å². The number of rotatable bonds is 1. The third-order valence-electron chi connectivity index (χ3n) is 2.45. The van der Waals surface area contributed by atoms with E-state index in [2.05, 4.69) is 0 Å². The molecule has 0 spiro atoms. The van der Waals surface area contributed by atoms with Gasteiger partial charge in [-0.1, -0.05) is 29.8 Å². The van der Waals surface area contributed by atoms with Gasteiger partial charge < -0.3 is 14.6 Å². The second kappa shape index (κ2) is 4.72. The summed E-state index contributed by atoms with van der Waals surface area (Å²) in [5, 5.41) is 10.3. The summed E-state index contributed by atoms with van der Waals surface area (Å²) in [4.78, 5) is 11.8. The SMILES string of the molecule is CC1(C)OC(=O)/C(=C\c2ccccc2Cl)C(O)O1. The minimum Gasteiger partial charge on any atom is -0.430 e. The first kappa shape index (κ1) is 13.1. The number of ether oxygens (including phenoxy) is 2. The Morgan fingerprint density at radius 1 is 1.39 bits per heavy atom. The van der Waals surface area contributed by atoms with Crippen molar-refractivity contribution in [3.05, 3.63) is 40.4 Å². The van der Waals surface area contributed by atoms with Crippen LogP contribution >= 0.6 is 11.6 Å². The molecular formula is C13H13ClO4. The lowest BCUT2D eigenvalue weighted by Gasteiger charge is -2.34. The summed E-state index contributed by atoms with van der Waals surface area (Å²) in [6.07, 6.45) is 0.141. The van der Waals surface area contributed by atoms with Crippen molar-refractivity contribution in [2.24, 2.45) is 0 Å². The largest absolute Gasteiger partial charge is 0.430 e. The van der Waals surface area contributed by atoms with Crippen LogP contribution in [0.25, 0.3) is 6.08 Å². The van der Waals surface area contributed by atoms with E-state index in [-0.39, 0.29) is 5.57 Å². The first-order valence-corrected chi connectivity index (χ1v) is 5.82. The van der Waals surface area contributed by atoms with E-state index in [1.165, 1.54) is 6.08 Å². The number of hydrogen-bond acceptors (Lipinski definition) is 4. The first-order valence-electron chi connectivity index (χ1n) is 5.44. The number of benzene rings is 1. The summed E-state index contributed by atoms with van der Waals surface area (Å²) in [5.41, 5.74) is 0.649. The van der Waals surface area contributed by atoms with Crippen LogP contribution in [0.2, 0.25) is 5.02 Å². The molecule has 0 aliphatic carbocycles. The molecule has 1 aliphatic heterocycles. The van der Waals surface area contributed by atoms with Crippen molar-refractivity contribution in [2.45, 2.75) is 25.9 Å². The van der Waals surface area contributed by atoms with Crippen LogP contribution < -0.4 is 0 Å². The van der Waals surface area contributed by atoms with Crippen LogP contribution in [0.15, 0.2) is 29.8 Å². The minimum absolute atomic E-state index is 0.0300. The van der Waals surface area contributed by atoms with E-state index in [1.54, 1.807) is 38.1 Å². The summed E-state index contributed by atoms with van der Waals surface area (Å²) in [6.45, 7) is 3.11. The minimum atomic E-state index is -1.32. The molecule has 4 nitrogen and oxygen atoms in total. The molecule has 1 unspecified atom stereocenters. The fourth-order valence-corrected chi connectivity index (χ4v) is 1.82. The number of aliphatic hydroxyl groups excluding tert-OH is 1. The Labute approximate surface area is 110 Å². The summed E-state index contributed by atoms with van der Waals surface area (Å²) in [6, 6.07) is 6.98. The Morgan fingerprint density at radius 3 is 2.67 bits per heavy atom. The Bertz CT molecular complexity index is 507. The number of carbonyl (C=O) groups excluding carboxylic acids is 1. The second-order valence-electron chi connectivity index (χ2n) is 4.38. The maximum Gasteiger partial charge on any atom is 0.341 e. The monoisotopic (exact) mass is 268 g/mol. The van der Waals surface area contributed by atoms with Gasteiger partial charge in [0.1, 0.15) is 0 Å². The lowest BCUT2D eigenvalue weighted by Crippen LogP contribution is -2.44. The van der Waals surface area contributed by atoms with Gasteiger partial charge in [0.25, 0.3) is 0 Å². The molecule has 0 saturated carbocycles. The van der Waals surface area contributed by atoms with Crippen molar-refractivity contribution in [1.82, 2.24) is 0 Å². The highest BCUT2D eigenvalue weighted by atomic mass is 35.5. The van der Waals surface area contributed by atoms with Crippen LogP contribution in [0.1, 0.15) is 19.4 Å². The molecule has 0 radical (unpaired) electrons. The number of esters is 1. The van der Waals surface area contributed by atoms with Crippen LogP contribution in [0.5, 0.6) is 0 Å². The van der Waals surface area contributed by atoms with Gasteiger partial charge >= 0.3 is 5.97 Å². The van der Waals surface area contributed by atoms with Gasteiger partial charge in [0.05, 0.1) is 5.57 Å². The van der Waals surface area contributed by atoms with Crippen LogP contribution in [-0.4, -0.2) is 23.2 Å². The molecule has 1 fully saturated rings. The topological polar surface area (TPSA) is 55.8 Å². The Kier molecular flexibility index (Phi) is 3.43. The fraction of sp³-hybridized carbons (Fsp3) is 0.308. The molecule has 2 rings (SSSR count). The fourth-order valence-electron chi connectivity index (χ4n) is 1.63. The average Bonchev–Trinajstić information content (AvgIpc) is 2.24. The number of aliphatic hydroxyl groups is 1. The number of carbonyl (C=O) groups is 1. The normalized spacial score (nSPS) is 25.0. The molecule has 0 amide bonds. The average molecular weight is 269 g/mol. The van der Waals surface area contributed by atoms with Crippen molar-refractivity contribution in [2.75, 3.05) is 0 Å². The van der Waals surface area contributed by atoms with E-state index >= 15 is 0 Å². The second-order valence-corrected chi connectivity index (χ2v) is 4.79. The summed E-state index contributed by atoms with van der Waals surface area (Å²) in [7, 11) is 0. The molecule has 5 heteroatoms. The molecule has 0 bridgehead atoms. The molecule has 1 aromatic carbocycles. The molecule has 1 aromatic rings. The molecule has 1 heterocycles. The highest BCUT2D eigenvalue weighted by Crippen LogP contribution is 2.28. The van der Waals surface area contributed by atoms with Gasteiger partial charge in [0.15, 0.2) is 6.29 Å². The predicted octanol–water partition coefficient (Wildman–Crippen LogP) is 2.35. The van der Waals surface area contributed by atoms with Crippen LogP contribution in [0.3, 0.4) is 0 Å². The lowest BCUT2D eigenvalue weighted by atomic mass is 10.1. The van der Waals surface area contributed by atoms with Crippen molar-refractivity contribution >= 4 is 23.6 Å². The summed E-state index contributed by atoms with van der Waals surface area (Å²) >= 11 is 5.98. The quantitative estimate of drug-likeness (QED) is 0.627. The zero-order valence-corrected chi connectivity index (χ0v) is 10.8. The van der Waals surface area contributed by atoms with E-state index in [1.807, 2.05) is 0 Å². The summed E-state index contributed by atoms with van der Waals surface area (Å²) in [5.74, 6) is -1.74. The van der Waals surface area contributed by atoms with Gasteiger partial charge in [-0.25, -0.2) is 4.79 Å². The Hall–Kier alpha value is -1.36. The summed E-state index contributed by atoms with van der Waals surface area (Å²) < 4.78 is 10.2. The van der Waals surface area contributed by atoms with E-state index < -0.39 is 18.0 Å². The van der Waals surface area contributed by atoms with Crippen LogP contribution in [0.4, 0.5) is 0 Å². The molecule has 0 aromatic heterocycles. The van der Waals surface area contributed by atoms with E-state index in [9.17, 15) is 9.90 Å². The van der Waals surface area contributed by atoms with Gasteiger partial charge in [-0.3, -0.25) is 0 Å². The molecule has 1 atom stereocenters. The molecule has 1 aliphatic rings. The molecular weight excluding hydrogens is 256 g/mol. The zero-order chi connectivity index (χ0) is 13.3. The standard InChI is InChI=1S/C13H13ClO4/c1-13(2)17-11(15)9(12(16)18-13)7-8-5-3-4-6-10(8)14/h3-7,11,15H,1-2H3/b9-7-. The first-order chi connectivity index (χ1) is 8.39. The predicted molar refractivity (Wildman–Crippen MR) is 66.7 cm³/mol. The maximum atomic E-state index is 11.8. The van der Waals surface area contributed by atoms with E-state index in [4.69, 9.17) is 21.1 Å². The highest BCUT2D eigenvalue weighted by Gasteiger charge is 2.38. The highest BCUT2D eigenvalue weighted by molar-refractivity contribution is 6.32. The number of hydrogen-bond donors (Lipinski definition) is 1. The smallest absolute Gasteiger partial charge is 0.341 e. The van der Waals surface area contributed by atoms with E-state index in [0.29, 0.717) is 10.6 Å². The lowest BCUT2D eigenvalue weighted by molar-refractivity contribution is -0.279. The van der Waals surface area contributed by atoms with Crippen molar-refractivity contribution < 1.29 is 19.4 Å². The van der Waals surface area contributed by atoms with Gasteiger partial charge in [0, 0.05) is 18.9 Å². The van der Waals surface area contributed by atoms with Crippen LogP contribution in [0, 0.1) is 0 Å². The third kappa shape index (κ3) is 2.72. The Balaban J connectivity index is 2.34. The zero-order valence-electron chi connectivity index (χ0n) is 10.0. The molecule has 1 N–H and O–H groups in total. The number of cyclic esters (lactones) is 1. The third-order valence-corrected chi connectivity index (χ3v) is 2.80.